The van der Waals surface area contributed by atoms with Gasteiger partial charge in [-0.3, -0.25) is 0 Å². The highest BCUT2D eigenvalue weighted by molar-refractivity contribution is 5.83. The highest BCUT2D eigenvalue weighted by Crippen LogP contribution is 2.29. The van der Waals surface area contributed by atoms with E-state index < -0.39 is 0 Å². The maximum Gasteiger partial charge on any atom is 0.328 e. The Morgan fingerprint density at radius 3 is 3.00 bits per heavy atom. The summed E-state index contributed by atoms with van der Waals surface area (Å²) >= 11 is 0. The van der Waals surface area contributed by atoms with Crippen LogP contribution in [0.25, 0.3) is 0 Å². The number of aryl methyl sites for hydroxylation is 1. The maximum atomic E-state index is 11.3. The Hall–Kier alpha value is -1.51. The molecule has 0 spiro atoms. The van der Waals surface area contributed by atoms with Crippen molar-refractivity contribution in [3.8, 4) is 0 Å². The zero-order valence-electron chi connectivity index (χ0n) is 8.33. The number of para-hydroxylation sites is 1. The van der Waals surface area contributed by atoms with Crippen molar-refractivity contribution in [1.82, 2.24) is 0 Å². The first kappa shape index (κ1) is 9.06. The average Bonchev–Trinajstić information content (AvgIpc) is 2.62. The third-order valence-corrected chi connectivity index (χ3v) is 2.59. The zero-order chi connectivity index (χ0) is 10.1. The molecule has 0 amide bonds. The van der Waals surface area contributed by atoms with Gasteiger partial charge in [-0.2, -0.15) is 0 Å². The molecule has 1 atom stereocenters. The quantitative estimate of drug-likeness (QED) is 0.684. The Morgan fingerprint density at radius 2 is 2.36 bits per heavy atom. The van der Waals surface area contributed by atoms with E-state index in [1.165, 1.54) is 18.2 Å². The largest absolute Gasteiger partial charge is 0.467 e. The third kappa shape index (κ3) is 1.35. The van der Waals surface area contributed by atoms with Crippen molar-refractivity contribution in [2.75, 3.05) is 12.4 Å². The second-order valence-corrected chi connectivity index (χ2v) is 3.53. The Kier molecular flexibility index (Phi) is 2.15. The SMILES string of the molecule is COC(=O)C1Cc2cccc(C)c2N1. The van der Waals surface area contributed by atoms with Crippen molar-refractivity contribution < 1.29 is 9.53 Å². The highest BCUT2D eigenvalue weighted by Gasteiger charge is 2.27. The maximum absolute atomic E-state index is 11.3. The number of benzene rings is 1. The molecule has 3 nitrogen and oxygen atoms in total. The monoisotopic (exact) mass is 191 g/mol. The van der Waals surface area contributed by atoms with Crippen LogP contribution in [0, 0.1) is 6.92 Å². The van der Waals surface area contributed by atoms with E-state index in [0.717, 1.165) is 12.1 Å². The Labute approximate surface area is 83.1 Å². The van der Waals surface area contributed by atoms with E-state index >= 15 is 0 Å². The van der Waals surface area contributed by atoms with Crippen molar-refractivity contribution in [2.45, 2.75) is 19.4 Å². The minimum absolute atomic E-state index is 0.194. The van der Waals surface area contributed by atoms with Gasteiger partial charge in [0, 0.05) is 12.1 Å². The molecule has 74 valence electrons. The Morgan fingerprint density at radius 1 is 1.57 bits per heavy atom. The molecule has 3 heteroatoms. The highest BCUT2D eigenvalue weighted by atomic mass is 16.5. The minimum atomic E-state index is -0.212. The summed E-state index contributed by atoms with van der Waals surface area (Å²) in [4.78, 5) is 11.3. The number of rotatable bonds is 1. The molecule has 1 aliphatic heterocycles. The van der Waals surface area contributed by atoms with E-state index in [1.807, 2.05) is 25.1 Å². The van der Waals surface area contributed by atoms with Crippen LogP contribution >= 0.6 is 0 Å². The van der Waals surface area contributed by atoms with E-state index in [9.17, 15) is 4.79 Å². The number of fused-ring (bicyclic) bond motifs is 1. The number of ether oxygens (including phenoxy) is 1. The number of nitrogens with one attached hydrogen (secondary N) is 1. The summed E-state index contributed by atoms with van der Waals surface area (Å²) in [5, 5.41) is 3.18. The van der Waals surface area contributed by atoms with Crippen molar-refractivity contribution in [1.29, 1.82) is 0 Å². The fourth-order valence-electron chi connectivity index (χ4n) is 1.83. The summed E-state index contributed by atoms with van der Waals surface area (Å²) in [5.41, 5.74) is 3.46. The van der Waals surface area contributed by atoms with Crippen LogP contribution in [0.2, 0.25) is 0 Å². The summed E-state index contributed by atoms with van der Waals surface area (Å²) in [7, 11) is 1.42. The molecule has 0 aromatic heterocycles. The van der Waals surface area contributed by atoms with Crippen LogP contribution in [0.15, 0.2) is 18.2 Å². The predicted molar refractivity (Wildman–Crippen MR) is 54.3 cm³/mol. The fraction of sp³-hybridized carbons (Fsp3) is 0.364. The summed E-state index contributed by atoms with van der Waals surface area (Å²) in [6.07, 6.45) is 0.726. The second-order valence-electron chi connectivity index (χ2n) is 3.53. The van der Waals surface area contributed by atoms with Crippen LogP contribution in [0.1, 0.15) is 11.1 Å². The van der Waals surface area contributed by atoms with Crippen molar-refractivity contribution in [2.24, 2.45) is 0 Å². The van der Waals surface area contributed by atoms with Crippen LogP contribution in [0.5, 0.6) is 0 Å². The third-order valence-electron chi connectivity index (χ3n) is 2.59. The van der Waals surface area contributed by atoms with Gasteiger partial charge in [0.05, 0.1) is 7.11 Å². The molecule has 1 unspecified atom stereocenters. The summed E-state index contributed by atoms with van der Waals surface area (Å²) < 4.78 is 4.70. The van der Waals surface area contributed by atoms with Crippen LogP contribution in [-0.4, -0.2) is 19.1 Å². The number of methoxy groups -OCH3 is 1. The number of hydrogen-bond acceptors (Lipinski definition) is 3. The Bertz CT molecular complexity index is 374. The van der Waals surface area contributed by atoms with E-state index in [4.69, 9.17) is 4.74 Å². The number of anilines is 1. The van der Waals surface area contributed by atoms with Gasteiger partial charge in [0.1, 0.15) is 6.04 Å². The molecule has 1 heterocycles. The molecule has 0 aliphatic carbocycles. The minimum Gasteiger partial charge on any atom is -0.467 e. The molecule has 0 fully saturated rings. The van der Waals surface area contributed by atoms with E-state index in [0.29, 0.717) is 0 Å². The van der Waals surface area contributed by atoms with Gasteiger partial charge in [-0.25, -0.2) is 4.79 Å². The Balaban J connectivity index is 2.26. The lowest BCUT2D eigenvalue weighted by molar-refractivity contribution is -0.141. The fourth-order valence-corrected chi connectivity index (χ4v) is 1.83. The topological polar surface area (TPSA) is 38.3 Å². The van der Waals surface area contributed by atoms with Gasteiger partial charge in [-0.1, -0.05) is 18.2 Å². The molecule has 14 heavy (non-hydrogen) atoms. The smallest absolute Gasteiger partial charge is 0.328 e. The van der Waals surface area contributed by atoms with Crippen LogP contribution in [0.4, 0.5) is 5.69 Å². The first-order chi connectivity index (χ1) is 6.72. The standard InChI is InChI=1S/C11H13NO2/c1-7-4-3-5-8-6-9(11(13)14-2)12-10(7)8/h3-5,9,12H,6H2,1-2H3. The predicted octanol–water partition coefficient (Wildman–Crippen LogP) is 1.50. The summed E-state index contributed by atoms with van der Waals surface area (Å²) in [6.45, 7) is 2.03. The van der Waals surface area contributed by atoms with Gasteiger partial charge in [0.25, 0.3) is 0 Å². The molecular formula is C11H13NO2. The number of hydrogen-bond donors (Lipinski definition) is 1. The van der Waals surface area contributed by atoms with Gasteiger partial charge in [0.15, 0.2) is 0 Å². The van der Waals surface area contributed by atoms with Crippen molar-refractivity contribution in [3.05, 3.63) is 29.3 Å². The van der Waals surface area contributed by atoms with E-state index in [2.05, 4.69) is 5.32 Å². The lowest BCUT2D eigenvalue weighted by Gasteiger charge is -2.08. The molecule has 1 aromatic carbocycles. The first-order valence-corrected chi connectivity index (χ1v) is 4.65. The second kappa shape index (κ2) is 3.33. The van der Waals surface area contributed by atoms with Crippen molar-refractivity contribution >= 4 is 11.7 Å². The van der Waals surface area contributed by atoms with Gasteiger partial charge in [-0.15, -0.1) is 0 Å². The van der Waals surface area contributed by atoms with Gasteiger partial charge < -0.3 is 10.1 Å². The molecule has 2 rings (SSSR count). The average molecular weight is 191 g/mol. The molecule has 0 saturated carbocycles. The zero-order valence-corrected chi connectivity index (χ0v) is 8.33. The van der Waals surface area contributed by atoms with Gasteiger partial charge in [-0.05, 0) is 18.1 Å². The molecule has 1 N–H and O–H groups in total. The molecular weight excluding hydrogens is 178 g/mol. The van der Waals surface area contributed by atoms with E-state index in [1.54, 1.807) is 0 Å². The number of esters is 1. The van der Waals surface area contributed by atoms with Gasteiger partial charge in [0.2, 0.25) is 0 Å². The summed E-state index contributed by atoms with van der Waals surface area (Å²) in [5.74, 6) is -0.194. The lowest BCUT2D eigenvalue weighted by Crippen LogP contribution is -2.28. The van der Waals surface area contributed by atoms with E-state index in [-0.39, 0.29) is 12.0 Å². The summed E-state index contributed by atoms with van der Waals surface area (Å²) in [6, 6.07) is 5.87. The van der Waals surface area contributed by atoms with Crippen LogP contribution in [-0.2, 0) is 16.0 Å². The molecule has 0 radical (unpaired) electrons. The molecule has 1 aliphatic rings. The molecule has 1 aromatic rings. The normalized spacial score (nSPS) is 18.6. The molecule has 0 bridgehead atoms. The number of carbonyl (C=O) groups is 1. The van der Waals surface area contributed by atoms with Crippen LogP contribution < -0.4 is 5.32 Å². The first-order valence-electron chi connectivity index (χ1n) is 4.65. The molecule has 0 saturated heterocycles. The number of carbonyl (C=O) groups excluding carboxylic acids is 1. The van der Waals surface area contributed by atoms with Crippen molar-refractivity contribution in [3.63, 3.8) is 0 Å². The van der Waals surface area contributed by atoms with Gasteiger partial charge >= 0.3 is 5.97 Å². The van der Waals surface area contributed by atoms with Crippen LogP contribution in [0.3, 0.4) is 0 Å². The lowest BCUT2D eigenvalue weighted by atomic mass is 10.1.